The minimum Gasteiger partial charge on any atom is -0.368 e. The number of hydrogen-bond donors (Lipinski definition) is 1. The Bertz CT molecular complexity index is 311. The molecule has 1 unspecified atom stereocenters. The third-order valence-electron chi connectivity index (χ3n) is 1.82. The van der Waals surface area contributed by atoms with Crippen molar-refractivity contribution in [2.24, 2.45) is 0 Å². The molecule has 6 heteroatoms. The number of H-pyrrole nitrogens is 1. The summed E-state index contributed by atoms with van der Waals surface area (Å²) >= 11 is 0. The molecule has 0 bridgehead atoms. The van der Waals surface area contributed by atoms with Crippen LogP contribution in [0.2, 0.25) is 0 Å². The highest BCUT2D eigenvalue weighted by atomic mass is 16.6. The van der Waals surface area contributed by atoms with E-state index in [0.717, 1.165) is 6.42 Å². The van der Waals surface area contributed by atoms with Crippen LogP contribution >= 0.6 is 0 Å². The first kappa shape index (κ1) is 10.6. The van der Waals surface area contributed by atoms with E-state index in [2.05, 4.69) is 9.97 Å². The third-order valence-corrected chi connectivity index (χ3v) is 1.82. The van der Waals surface area contributed by atoms with Crippen molar-refractivity contribution in [2.75, 3.05) is 6.61 Å². The van der Waals surface area contributed by atoms with Gasteiger partial charge in [0.1, 0.15) is 12.3 Å². The van der Waals surface area contributed by atoms with Gasteiger partial charge in [0.05, 0.1) is 0 Å². The molecule has 0 aliphatic carbocycles. The van der Waals surface area contributed by atoms with E-state index in [-0.39, 0.29) is 11.9 Å². The first-order valence-electron chi connectivity index (χ1n) is 4.49. The van der Waals surface area contributed by atoms with E-state index in [1.807, 2.05) is 13.8 Å². The van der Waals surface area contributed by atoms with Crippen molar-refractivity contribution in [3.8, 4) is 0 Å². The number of nitro groups is 1. The molecule has 0 spiro atoms. The Kier molecular flexibility index (Phi) is 3.58. The van der Waals surface area contributed by atoms with Crippen molar-refractivity contribution in [3.63, 3.8) is 0 Å². The lowest BCUT2D eigenvalue weighted by Crippen LogP contribution is -2.04. The lowest BCUT2D eigenvalue weighted by molar-refractivity contribution is -0.389. The predicted molar refractivity (Wildman–Crippen MR) is 49.9 cm³/mol. The molecule has 0 saturated heterocycles. The molecule has 1 aromatic heterocycles. The topological polar surface area (TPSA) is 81.1 Å². The largest absolute Gasteiger partial charge is 0.368 e. The normalized spacial score (nSPS) is 12.7. The van der Waals surface area contributed by atoms with Crippen LogP contribution in [0, 0.1) is 10.1 Å². The summed E-state index contributed by atoms with van der Waals surface area (Å²) in [7, 11) is 0. The lowest BCUT2D eigenvalue weighted by Gasteiger charge is -2.08. The first-order valence-corrected chi connectivity index (χ1v) is 4.49. The van der Waals surface area contributed by atoms with E-state index in [0.29, 0.717) is 12.4 Å². The average Bonchev–Trinajstić information content (AvgIpc) is 2.63. The number of rotatable bonds is 5. The van der Waals surface area contributed by atoms with Crippen LogP contribution in [0.4, 0.5) is 5.82 Å². The summed E-state index contributed by atoms with van der Waals surface area (Å²) in [5.41, 5.74) is 0. The second-order valence-electron chi connectivity index (χ2n) is 2.76. The van der Waals surface area contributed by atoms with Crippen molar-refractivity contribution in [1.29, 1.82) is 0 Å². The van der Waals surface area contributed by atoms with Gasteiger partial charge in [-0.15, -0.1) is 0 Å². The van der Waals surface area contributed by atoms with E-state index in [4.69, 9.17) is 4.74 Å². The summed E-state index contributed by atoms with van der Waals surface area (Å²) in [6.07, 6.45) is 1.75. The molecule has 14 heavy (non-hydrogen) atoms. The Hall–Kier alpha value is -1.43. The van der Waals surface area contributed by atoms with Gasteiger partial charge >= 0.3 is 5.82 Å². The summed E-state index contributed by atoms with van der Waals surface area (Å²) < 4.78 is 5.35. The van der Waals surface area contributed by atoms with Crippen LogP contribution < -0.4 is 0 Å². The highest BCUT2D eigenvalue weighted by Gasteiger charge is 2.18. The van der Waals surface area contributed by atoms with Gasteiger partial charge in [-0.2, -0.15) is 0 Å². The minimum atomic E-state index is -0.505. The Morgan fingerprint density at radius 3 is 2.86 bits per heavy atom. The molecule has 1 heterocycles. The second-order valence-corrected chi connectivity index (χ2v) is 2.76. The SMILES string of the molecule is CCOC(CC)c1ncc([N+](=O)[O-])[nH]1. The molecule has 0 radical (unpaired) electrons. The number of aromatic nitrogens is 2. The van der Waals surface area contributed by atoms with Gasteiger partial charge in [0, 0.05) is 6.61 Å². The molecule has 0 aliphatic heterocycles. The fraction of sp³-hybridized carbons (Fsp3) is 0.625. The van der Waals surface area contributed by atoms with Gasteiger partial charge in [-0.05, 0) is 18.3 Å². The minimum absolute atomic E-state index is 0.0989. The molecule has 1 aromatic rings. The average molecular weight is 199 g/mol. The summed E-state index contributed by atoms with van der Waals surface area (Å²) in [6, 6.07) is 0. The smallest absolute Gasteiger partial charge is 0.340 e. The highest BCUT2D eigenvalue weighted by Crippen LogP contribution is 2.19. The maximum atomic E-state index is 10.4. The number of imidazole rings is 1. The summed E-state index contributed by atoms with van der Waals surface area (Å²) in [5, 5.41) is 10.4. The van der Waals surface area contributed by atoms with Gasteiger partial charge in [0.2, 0.25) is 5.82 Å². The van der Waals surface area contributed by atoms with Gasteiger partial charge < -0.3 is 14.9 Å². The predicted octanol–water partition coefficient (Wildman–Crippen LogP) is 1.81. The Balaban J connectivity index is 2.78. The van der Waals surface area contributed by atoms with Crippen molar-refractivity contribution >= 4 is 5.82 Å². The van der Waals surface area contributed by atoms with Crippen LogP contribution in [0.3, 0.4) is 0 Å². The summed E-state index contributed by atoms with van der Waals surface area (Å²) in [5.74, 6) is 0.416. The maximum Gasteiger partial charge on any atom is 0.340 e. The first-order chi connectivity index (χ1) is 6.69. The van der Waals surface area contributed by atoms with Crippen LogP contribution in [-0.2, 0) is 4.74 Å². The molecule has 1 N–H and O–H groups in total. The molecule has 0 aromatic carbocycles. The number of aromatic amines is 1. The van der Waals surface area contributed by atoms with Crippen LogP contribution in [0.25, 0.3) is 0 Å². The monoisotopic (exact) mass is 199 g/mol. The van der Waals surface area contributed by atoms with Crippen LogP contribution in [0.5, 0.6) is 0 Å². The molecule has 0 fully saturated rings. The zero-order valence-electron chi connectivity index (χ0n) is 8.19. The summed E-state index contributed by atoms with van der Waals surface area (Å²) in [4.78, 5) is 16.4. The van der Waals surface area contributed by atoms with Crippen molar-refractivity contribution in [2.45, 2.75) is 26.4 Å². The second kappa shape index (κ2) is 4.71. The molecule has 1 atom stereocenters. The maximum absolute atomic E-state index is 10.4. The van der Waals surface area contributed by atoms with Gasteiger partial charge in [-0.3, -0.25) is 0 Å². The molecule has 0 amide bonds. The van der Waals surface area contributed by atoms with Gasteiger partial charge in [-0.25, -0.2) is 9.97 Å². The Morgan fingerprint density at radius 1 is 1.71 bits per heavy atom. The molecule has 0 saturated carbocycles. The number of hydrogen-bond acceptors (Lipinski definition) is 4. The van der Waals surface area contributed by atoms with Crippen LogP contribution in [-0.4, -0.2) is 21.5 Å². The molecule has 78 valence electrons. The zero-order valence-corrected chi connectivity index (χ0v) is 8.19. The van der Waals surface area contributed by atoms with Gasteiger partial charge in [0.25, 0.3) is 0 Å². The molecule has 0 aliphatic rings. The van der Waals surface area contributed by atoms with E-state index in [1.54, 1.807) is 0 Å². The van der Waals surface area contributed by atoms with E-state index in [9.17, 15) is 10.1 Å². The van der Waals surface area contributed by atoms with Crippen molar-refractivity contribution in [3.05, 3.63) is 22.1 Å². The number of ether oxygens (including phenoxy) is 1. The number of nitrogens with zero attached hydrogens (tertiary/aromatic N) is 2. The molecule has 6 nitrogen and oxygen atoms in total. The Labute approximate surface area is 81.5 Å². The Morgan fingerprint density at radius 2 is 2.43 bits per heavy atom. The van der Waals surface area contributed by atoms with Crippen molar-refractivity contribution in [1.82, 2.24) is 9.97 Å². The fourth-order valence-corrected chi connectivity index (χ4v) is 1.17. The molecular weight excluding hydrogens is 186 g/mol. The highest BCUT2D eigenvalue weighted by molar-refractivity contribution is 5.16. The quantitative estimate of drug-likeness (QED) is 0.579. The standard InChI is InChI=1S/C8H13N3O3/c1-3-6(14-4-2)8-9-5-7(10-8)11(12)13/h5-6H,3-4H2,1-2H3,(H,9,10). The fourth-order valence-electron chi connectivity index (χ4n) is 1.17. The van der Waals surface area contributed by atoms with Gasteiger partial charge in [-0.1, -0.05) is 6.92 Å². The van der Waals surface area contributed by atoms with Crippen molar-refractivity contribution < 1.29 is 9.66 Å². The third kappa shape index (κ3) is 2.29. The lowest BCUT2D eigenvalue weighted by atomic mass is 10.2. The molecule has 1 rings (SSSR count). The number of nitrogens with one attached hydrogen (secondary N) is 1. The van der Waals surface area contributed by atoms with Crippen LogP contribution in [0.15, 0.2) is 6.20 Å². The summed E-state index contributed by atoms with van der Waals surface area (Å²) in [6.45, 7) is 4.38. The molecular formula is C8H13N3O3. The zero-order chi connectivity index (χ0) is 10.6. The van der Waals surface area contributed by atoms with Gasteiger partial charge in [0.15, 0.2) is 0 Å². The van der Waals surface area contributed by atoms with E-state index in [1.165, 1.54) is 6.20 Å². The van der Waals surface area contributed by atoms with E-state index < -0.39 is 4.92 Å². The van der Waals surface area contributed by atoms with Crippen LogP contribution in [0.1, 0.15) is 32.2 Å². The van der Waals surface area contributed by atoms with E-state index >= 15 is 0 Å².